The van der Waals surface area contributed by atoms with E-state index in [-0.39, 0.29) is 18.0 Å². The molecule has 0 amide bonds. The third-order valence-electron chi connectivity index (χ3n) is 4.62. The summed E-state index contributed by atoms with van der Waals surface area (Å²) in [5, 5.41) is 6.31. The average molecular weight is 398 g/mol. The number of nitrogens with zero attached hydrogens (tertiary/aromatic N) is 2. The fourth-order valence-corrected chi connectivity index (χ4v) is 3.30. The van der Waals surface area contributed by atoms with Gasteiger partial charge in [-0.25, -0.2) is 9.37 Å². The van der Waals surface area contributed by atoms with Crippen LogP contribution in [0.4, 0.5) is 21.8 Å². The van der Waals surface area contributed by atoms with Crippen molar-refractivity contribution in [2.45, 2.75) is 37.8 Å². The van der Waals surface area contributed by atoms with Gasteiger partial charge in [-0.1, -0.05) is 24.8 Å². The van der Waals surface area contributed by atoms with Gasteiger partial charge in [0.25, 0.3) is 0 Å². The largest absolute Gasteiger partial charge is 0.489 e. The van der Waals surface area contributed by atoms with Crippen LogP contribution in [0.1, 0.15) is 25.7 Å². The minimum Gasteiger partial charge on any atom is -0.489 e. The highest BCUT2D eigenvalue weighted by atomic mass is 19.1. The van der Waals surface area contributed by atoms with Gasteiger partial charge in [0.2, 0.25) is 5.95 Å². The third-order valence-corrected chi connectivity index (χ3v) is 4.62. The molecule has 2 unspecified atom stereocenters. The summed E-state index contributed by atoms with van der Waals surface area (Å²) in [7, 11) is 0. The molecule has 7 heteroatoms. The van der Waals surface area contributed by atoms with Crippen LogP contribution in [0.2, 0.25) is 0 Å². The first-order valence-electron chi connectivity index (χ1n) is 9.80. The van der Waals surface area contributed by atoms with E-state index in [1.807, 2.05) is 24.3 Å². The minimum absolute atomic E-state index is 0.103. The first kappa shape index (κ1) is 20.8. The molecule has 1 aromatic carbocycles. The summed E-state index contributed by atoms with van der Waals surface area (Å²) in [5.74, 6) is 0.719. The van der Waals surface area contributed by atoms with Crippen LogP contribution >= 0.6 is 0 Å². The lowest BCUT2D eigenvalue weighted by Gasteiger charge is -2.30. The topological polar surface area (TPSA) is 68.3 Å². The predicted octanol–water partition coefficient (Wildman–Crippen LogP) is 4.85. The summed E-state index contributed by atoms with van der Waals surface area (Å²) < 4.78 is 25.6. The van der Waals surface area contributed by atoms with Crippen LogP contribution in [0, 0.1) is 5.82 Å². The SMILES string of the molecule is C=CCOc1cccc(Nc2ncc(F)c(NC3CCCC(OCC=C)C3)n2)c1. The number of anilines is 3. The molecule has 2 N–H and O–H groups in total. The van der Waals surface area contributed by atoms with E-state index in [1.165, 1.54) is 6.20 Å². The van der Waals surface area contributed by atoms with Crippen LogP contribution in [0.25, 0.3) is 0 Å². The maximum atomic E-state index is 14.3. The second kappa shape index (κ2) is 10.6. The second-order valence-corrected chi connectivity index (χ2v) is 6.89. The van der Waals surface area contributed by atoms with Crippen molar-refractivity contribution in [2.24, 2.45) is 0 Å². The van der Waals surface area contributed by atoms with Gasteiger partial charge in [0.1, 0.15) is 12.4 Å². The van der Waals surface area contributed by atoms with Gasteiger partial charge in [-0.2, -0.15) is 4.98 Å². The Morgan fingerprint density at radius 2 is 2.07 bits per heavy atom. The quantitative estimate of drug-likeness (QED) is 0.558. The van der Waals surface area contributed by atoms with Crippen molar-refractivity contribution >= 4 is 17.5 Å². The fraction of sp³-hybridized carbons (Fsp3) is 0.364. The molecule has 2 atom stereocenters. The first-order chi connectivity index (χ1) is 14.2. The molecule has 0 aliphatic heterocycles. The normalized spacial score (nSPS) is 18.7. The molecule has 1 aromatic heterocycles. The second-order valence-electron chi connectivity index (χ2n) is 6.89. The molecule has 1 aliphatic rings. The van der Waals surface area contributed by atoms with Crippen LogP contribution in [-0.4, -0.2) is 35.3 Å². The van der Waals surface area contributed by atoms with Gasteiger partial charge in [0.05, 0.1) is 18.9 Å². The Bertz CT molecular complexity index is 830. The lowest BCUT2D eigenvalue weighted by Crippen LogP contribution is -2.32. The van der Waals surface area contributed by atoms with E-state index in [9.17, 15) is 4.39 Å². The van der Waals surface area contributed by atoms with Crippen LogP contribution in [0.5, 0.6) is 5.75 Å². The number of ether oxygens (including phenoxy) is 2. The van der Waals surface area contributed by atoms with E-state index in [4.69, 9.17) is 9.47 Å². The zero-order valence-electron chi connectivity index (χ0n) is 16.4. The zero-order chi connectivity index (χ0) is 20.5. The molecule has 1 aliphatic carbocycles. The molecule has 0 radical (unpaired) electrons. The minimum atomic E-state index is -0.479. The van der Waals surface area contributed by atoms with Crippen molar-refractivity contribution in [3.63, 3.8) is 0 Å². The Kier molecular flexibility index (Phi) is 7.58. The van der Waals surface area contributed by atoms with Crippen molar-refractivity contribution in [3.8, 4) is 5.75 Å². The van der Waals surface area contributed by atoms with Crippen LogP contribution < -0.4 is 15.4 Å². The first-order valence-corrected chi connectivity index (χ1v) is 9.80. The molecular formula is C22H27FN4O2. The van der Waals surface area contributed by atoms with Gasteiger partial charge in [0.15, 0.2) is 11.6 Å². The van der Waals surface area contributed by atoms with Crippen LogP contribution in [0.3, 0.4) is 0 Å². The Hall–Kier alpha value is -2.93. The molecule has 2 aromatic rings. The number of hydrogen-bond acceptors (Lipinski definition) is 6. The van der Waals surface area contributed by atoms with Gasteiger partial charge in [-0.15, -0.1) is 6.58 Å². The summed E-state index contributed by atoms with van der Waals surface area (Å²) in [6.07, 6.45) is 8.54. The highest BCUT2D eigenvalue weighted by Crippen LogP contribution is 2.26. The Balaban J connectivity index is 1.65. The van der Waals surface area contributed by atoms with Gasteiger partial charge < -0.3 is 20.1 Å². The molecule has 0 bridgehead atoms. The van der Waals surface area contributed by atoms with Gasteiger partial charge in [-0.3, -0.25) is 0 Å². The van der Waals surface area contributed by atoms with E-state index in [0.717, 1.165) is 31.4 Å². The maximum Gasteiger partial charge on any atom is 0.229 e. The number of aromatic nitrogens is 2. The van der Waals surface area contributed by atoms with Crippen molar-refractivity contribution in [3.05, 3.63) is 61.6 Å². The summed E-state index contributed by atoms with van der Waals surface area (Å²) in [6.45, 7) is 8.27. The number of rotatable bonds is 10. The van der Waals surface area contributed by atoms with Crippen LogP contribution in [-0.2, 0) is 4.74 Å². The predicted molar refractivity (Wildman–Crippen MR) is 113 cm³/mol. The molecule has 154 valence electrons. The molecule has 1 saturated carbocycles. The lowest BCUT2D eigenvalue weighted by atomic mass is 9.93. The smallest absolute Gasteiger partial charge is 0.229 e. The number of nitrogens with one attached hydrogen (secondary N) is 2. The van der Waals surface area contributed by atoms with E-state index in [0.29, 0.717) is 24.9 Å². The fourth-order valence-electron chi connectivity index (χ4n) is 3.30. The van der Waals surface area contributed by atoms with E-state index < -0.39 is 5.82 Å². The number of halogens is 1. The Morgan fingerprint density at radius 3 is 2.90 bits per heavy atom. The molecule has 1 heterocycles. The molecular weight excluding hydrogens is 371 g/mol. The van der Waals surface area contributed by atoms with Crippen molar-refractivity contribution in [2.75, 3.05) is 23.8 Å². The summed E-state index contributed by atoms with van der Waals surface area (Å²) in [5.41, 5.74) is 0.750. The van der Waals surface area contributed by atoms with E-state index in [2.05, 4.69) is 33.8 Å². The van der Waals surface area contributed by atoms with E-state index in [1.54, 1.807) is 12.2 Å². The monoisotopic (exact) mass is 398 g/mol. The highest BCUT2D eigenvalue weighted by molar-refractivity contribution is 5.57. The van der Waals surface area contributed by atoms with Crippen LogP contribution in [0.15, 0.2) is 55.8 Å². The van der Waals surface area contributed by atoms with Crippen molar-refractivity contribution in [1.82, 2.24) is 9.97 Å². The van der Waals surface area contributed by atoms with Gasteiger partial charge >= 0.3 is 0 Å². The van der Waals surface area contributed by atoms with Crippen molar-refractivity contribution in [1.29, 1.82) is 0 Å². The molecule has 29 heavy (non-hydrogen) atoms. The average Bonchev–Trinajstić information content (AvgIpc) is 2.74. The lowest BCUT2D eigenvalue weighted by molar-refractivity contribution is 0.0432. The molecule has 1 fully saturated rings. The number of benzene rings is 1. The van der Waals surface area contributed by atoms with Gasteiger partial charge in [0, 0.05) is 17.8 Å². The maximum absolute atomic E-state index is 14.3. The molecule has 6 nitrogen and oxygen atoms in total. The van der Waals surface area contributed by atoms with Gasteiger partial charge in [-0.05, 0) is 37.8 Å². The number of hydrogen-bond donors (Lipinski definition) is 2. The van der Waals surface area contributed by atoms with Crippen molar-refractivity contribution < 1.29 is 13.9 Å². The summed E-state index contributed by atoms with van der Waals surface area (Å²) >= 11 is 0. The standard InChI is InChI=1S/C22H27FN4O2/c1-3-11-28-18-9-5-7-16(13-18)25-21-20(23)15-24-22(27-21)26-17-8-6-10-19(14-17)29-12-4-2/h3-4,6,8,10,14-16,18H,1-2,5,7,9,11-13H2,(H2,24,25,26,27). The molecule has 0 saturated heterocycles. The van der Waals surface area contributed by atoms with E-state index >= 15 is 0 Å². The highest BCUT2D eigenvalue weighted by Gasteiger charge is 2.23. The third kappa shape index (κ3) is 6.29. The molecule has 0 spiro atoms. The molecule has 3 rings (SSSR count). The Labute approximate surface area is 170 Å². The Morgan fingerprint density at radius 1 is 1.21 bits per heavy atom. The summed E-state index contributed by atoms with van der Waals surface area (Å²) in [6, 6.07) is 7.50. The summed E-state index contributed by atoms with van der Waals surface area (Å²) in [4.78, 5) is 8.36. The zero-order valence-corrected chi connectivity index (χ0v) is 16.4.